The van der Waals surface area contributed by atoms with Crippen LogP contribution in [0.1, 0.15) is 45.7 Å². The Kier molecular flexibility index (Phi) is 3.68. The molecule has 0 amide bonds. The zero-order valence-electron chi connectivity index (χ0n) is 18.0. The molecule has 0 aromatic heterocycles. The Labute approximate surface area is 174 Å². The Hall–Kier alpha value is -2.80. The lowest BCUT2D eigenvalue weighted by Gasteiger charge is -2.56. The second kappa shape index (κ2) is 5.86. The van der Waals surface area contributed by atoms with Crippen LogP contribution in [0.2, 0.25) is 0 Å². The minimum Gasteiger partial charge on any atom is -0.310 e. The van der Waals surface area contributed by atoms with Crippen molar-refractivity contribution in [1.82, 2.24) is 0 Å². The molecule has 2 aliphatic rings. The maximum absolute atomic E-state index is 2.51. The van der Waals surface area contributed by atoms with Gasteiger partial charge in [-0.2, -0.15) is 0 Å². The van der Waals surface area contributed by atoms with Gasteiger partial charge in [0.15, 0.2) is 0 Å². The first-order valence-electron chi connectivity index (χ1n) is 10.6. The molecule has 0 fully saturated rings. The van der Waals surface area contributed by atoms with Crippen LogP contribution in [0.4, 0.5) is 17.1 Å². The van der Waals surface area contributed by atoms with E-state index in [0.717, 1.165) is 0 Å². The fourth-order valence-corrected chi connectivity index (χ4v) is 6.40. The van der Waals surface area contributed by atoms with Gasteiger partial charge in [-0.15, -0.1) is 0 Å². The average Bonchev–Trinajstić information content (AvgIpc) is 2.85. The maximum Gasteiger partial charge on any atom is 0.0503 e. The van der Waals surface area contributed by atoms with Gasteiger partial charge < -0.3 is 4.90 Å². The van der Waals surface area contributed by atoms with E-state index in [9.17, 15) is 0 Å². The van der Waals surface area contributed by atoms with E-state index in [0.29, 0.717) is 0 Å². The summed E-state index contributed by atoms with van der Waals surface area (Å²) in [6, 6.07) is 28.8. The molecule has 0 N–H and O–H groups in total. The molecule has 29 heavy (non-hydrogen) atoms. The third kappa shape index (κ3) is 2.11. The standard InChI is InChI=1S/C28H29N/c1-20-19-26(2,3)28(27(20,4)5)22-15-9-11-17-24(22)29(21-13-7-6-8-14-21)25-18-12-10-16-23(25)28/h6-19H,1-5H3. The second-order valence-electron chi connectivity index (χ2n) is 9.63. The largest absolute Gasteiger partial charge is 0.310 e. The predicted octanol–water partition coefficient (Wildman–Crippen LogP) is 7.77. The summed E-state index contributed by atoms with van der Waals surface area (Å²) in [5.41, 5.74) is 7.99. The number of rotatable bonds is 1. The van der Waals surface area contributed by atoms with Crippen LogP contribution in [0, 0.1) is 10.8 Å². The predicted molar refractivity (Wildman–Crippen MR) is 123 cm³/mol. The highest BCUT2D eigenvalue weighted by molar-refractivity contribution is 5.87. The van der Waals surface area contributed by atoms with Crippen LogP contribution in [-0.4, -0.2) is 0 Å². The van der Waals surface area contributed by atoms with E-state index in [4.69, 9.17) is 0 Å². The number of benzene rings is 3. The molecule has 0 unspecified atom stereocenters. The highest BCUT2D eigenvalue weighted by atomic mass is 15.2. The van der Waals surface area contributed by atoms with Gasteiger partial charge in [-0.3, -0.25) is 0 Å². The zero-order chi connectivity index (χ0) is 20.4. The van der Waals surface area contributed by atoms with E-state index in [1.165, 1.54) is 33.8 Å². The molecule has 1 spiro atoms. The van der Waals surface area contributed by atoms with Crippen LogP contribution in [0.5, 0.6) is 0 Å². The molecular formula is C28H29N. The van der Waals surface area contributed by atoms with Crippen molar-refractivity contribution in [3.8, 4) is 0 Å². The maximum atomic E-state index is 2.51. The summed E-state index contributed by atoms with van der Waals surface area (Å²) < 4.78 is 0. The molecule has 3 aromatic rings. The molecule has 0 bridgehead atoms. The lowest BCUT2D eigenvalue weighted by molar-refractivity contribution is 0.160. The Morgan fingerprint density at radius 2 is 1.10 bits per heavy atom. The van der Waals surface area contributed by atoms with Crippen molar-refractivity contribution >= 4 is 17.1 Å². The van der Waals surface area contributed by atoms with Crippen LogP contribution in [0.25, 0.3) is 0 Å². The highest BCUT2D eigenvalue weighted by Gasteiger charge is 2.63. The van der Waals surface area contributed by atoms with E-state index < -0.39 is 0 Å². The van der Waals surface area contributed by atoms with Gasteiger partial charge in [0.25, 0.3) is 0 Å². The van der Waals surface area contributed by atoms with Crippen molar-refractivity contribution in [3.05, 3.63) is 102 Å². The minimum absolute atomic E-state index is 0.00440. The van der Waals surface area contributed by atoms with E-state index in [1.807, 2.05) is 0 Å². The van der Waals surface area contributed by atoms with Gasteiger partial charge in [0, 0.05) is 16.5 Å². The van der Waals surface area contributed by atoms with Crippen LogP contribution in [0.3, 0.4) is 0 Å². The SMILES string of the molecule is CC1=CC(C)(C)C2(c3ccccc3N(c3ccccc3)c3ccccc32)C1(C)C. The van der Waals surface area contributed by atoms with E-state index in [1.54, 1.807) is 0 Å². The number of allylic oxidation sites excluding steroid dienone is 2. The average molecular weight is 380 g/mol. The molecular weight excluding hydrogens is 350 g/mol. The summed E-state index contributed by atoms with van der Waals surface area (Å²) in [7, 11) is 0. The topological polar surface area (TPSA) is 3.24 Å². The van der Waals surface area contributed by atoms with Crippen molar-refractivity contribution in [2.24, 2.45) is 10.8 Å². The number of hydrogen-bond donors (Lipinski definition) is 0. The molecule has 0 radical (unpaired) electrons. The number of fused-ring (bicyclic) bond motifs is 4. The lowest BCUT2D eigenvalue weighted by Crippen LogP contribution is -2.52. The van der Waals surface area contributed by atoms with E-state index >= 15 is 0 Å². The summed E-state index contributed by atoms with van der Waals surface area (Å²) in [5.74, 6) is 0. The van der Waals surface area contributed by atoms with Gasteiger partial charge in [-0.1, -0.05) is 93.9 Å². The van der Waals surface area contributed by atoms with Crippen LogP contribution >= 0.6 is 0 Å². The first-order chi connectivity index (χ1) is 13.8. The number of para-hydroxylation sites is 3. The van der Waals surface area contributed by atoms with Gasteiger partial charge >= 0.3 is 0 Å². The second-order valence-corrected chi connectivity index (χ2v) is 9.63. The summed E-state index contributed by atoms with van der Waals surface area (Å²) >= 11 is 0. The zero-order valence-corrected chi connectivity index (χ0v) is 18.0. The van der Waals surface area contributed by atoms with Crippen LogP contribution < -0.4 is 4.90 Å². The molecule has 0 atom stereocenters. The van der Waals surface area contributed by atoms with Crippen molar-refractivity contribution in [2.75, 3.05) is 4.90 Å². The number of anilines is 3. The van der Waals surface area contributed by atoms with Crippen molar-refractivity contribution in [1.29, 1.82) is 0 Å². The lowest BCUT2D eigenvalue weighted by atomic mass is 9.49. The molecule has 146 valence electrons. The van der Waals surface area contributed by atoms with Crippen molar-refractivity contribution in [2.45, 2.75) is 40.0 Å². The number of nitrogens with zero attached hydrogens (tertiary/aromatic N) is 1. The van der Waals surface area contributed by atoms with Gasteiger partial charge in [-0.25, -0.2) is 0 Å². The molecule has 1 aliphatic carbocycles. The first kappa shape index (κ1) is 18.2. The van der Waals surface area contributed by atoms with Gasteiger partial charge in [0.2, 0.25) is 0 Å². The molecule has 5 rings (SSSR count). The molecule has 0 saturated carbocycles. The fourth-order valence-electron chi connectivity index (χ4n) is 6.40. The normalized spacial score (nSPS) is 20.2. The first-order valence-corrected chi connectivity index (χ1v) is 10.6. The quantitative estimate of drug-likeness (QED) is 0.390. The number of hydrogen-bond acceptors (Lipinski definition) is 1. The van der Waals surface area contributed by atoms with Crippen molar-refractivity contribution in [3.63, 3.8) is 0 Å². The Bertz CT molecular complexity index is 1070. The monoisotopic (exact) mass is 379 g/mol. The van der Waals surface area contributed by atoms with Crippen LogP contribution in [-0.2, 0) is 5.41 Å². The Morgan fingerprint density at radius 3 is 1.59 bits per heavy atom. The molecule has 1 heterocycles. The van der Waals surface area contributed by atoms with E-state index in [2.05, 4.69) is 124 Å². The molecule has 0 saturated heterocycles. The summed E-state index contributed by atoms with van der Waals surface area (Å²) in [5, 5.41) is 0. The Morgan fingerprint density at radius 1 is 0.621 bits per heavy atom. The summed E-state index contributed by atoms with van der Waals surface area (Å²) in [6.45, 7) is 12.0. The third-order valence-corrected chi connectivity index (χ3v) is 7.58. The van der Waals surface area contributed by atoms with Gasteiger partial charge in [0.05, 0.1) is 11.4 Å². The Balaban J connectivity index is 1.93. The van der Waals surface area contributed by atoms with E-state index in [-0.39, 0.29) is 16.2 Å². The summed E-state index contributed by atoms with van der Waals surface area (Å²) in [4.78, 5) is 2.44. The van der Waals surface area contributed by atoms with Crippen LogP contribution in [0.15, 0.2) is 90.5 Å². The van der Waals surface area contributed by atoms with Crippen molar-refractivity contribution < 1.29 is 0 Å². The fraction of sp³-hybridized carbons (Fsp3) is 0.286. The molecule has 1 nitrogen and oxygen atoms in total. The van der Waals surface area contributed by atoms with Gasteiger partial charge in [-0.05, 0) is 47.7 Å². The van der Waals surface area contributed by atoms with Gasteiger partial charge in [0.1, 0.15) is 0 Å². The highest BCUT2D eigenvalue weighted by Crippen LogP contribution is 2.70. The summed E-state index contributed by atoms with van der Waals surface area (Å²) in [6.07, 6.45) is 2.51. The molecule has 3 aromatic carbocycles. The molecule has 1 heteroatoms. The minimum atomic E-state index is -0.122. The third-order valence-electron chi connectivity index (χ3n) is 7.58. The smallest absolute Gasteiger partial charge is 0.0503 e. The molecule has 1 aliphatic heterocycles.